The van der Waals surface area contributed by atoms with E-state index >= 15 is 0 Å². The van der Waals surface area contributed by atoms with Crippen LogP contribution >= 0.6 is 23.2 Å². The van der Waals surface area contributed by atoms with E-state index in [0.29, 0.717) is 18.4 Å². The molecule has 1 nitrogen and oxygen atoms in total. The summed E-state index contributed by atoms with van der Waals surface area (Å²) in [5.74, 6) is 2.16. The molecule has 0 unspecified atom stereocenters. The lowest BCUT2D eigenvalue weighted by Gasteiger charge is -2.09. The highest BCUT2D eigenvalue weighted by Gasteiger charge is 2.02. The Labute approximate surface area is 118 Å². The predicted octanol–water partition coefficient (Wildman–Crippen LogP) is 4.63. The molecule has 0 radical (unpaired) electrons. The van der Waals surface area contributed by atoms with Gasteiger partial charge in [-0.15, -0.1) is 23.2 Å². The first kappa shape index (κ1) is 13.5. The number of benzene rings is 2. The highest BCUT2D eigenvalue weighted by molar-refractivity contribution is 6.18. The molecule has 0 fully saturated rings. The molecule has 3 heteroatoms. The Bertz CT molecular complexity index is 511. The van der Waals surface area contributed by atoms with Crippen LogP contribution in [0.5, 0.6) is 5.75 Å². The van der Waals surface area contributed by atoms with Gasteiger partial charge >= 0.3 is 0 Å². The number of alkyl halides is 2. The Morgan fingerprint density at radius 1 is 1.00 bits per heavy atom. The number of rotatable bonds is 6. The van der Waals surface area contributed by atoms with Crippen molar-refractivity contribution in [2.24, 2.45) is 0 Å². The molecule has 2 aromatic rings. The molecule has 2 aromatic carbocycles. The van der Waals surface area contributed by atoms with E-state index in [2.05, 4.69) is 30.3 Å². The van der Waals surface area contributed by atoms with Crippen LogP contribution in [-0.2, 0) is 6.42 Å². The molecule has 2 rings (SSSR count). The minimum absolute atomic E-state index is 0.630. The van der Waals surface area contributed by atoms with Gasteiger partial charge in [0.1, 0.15) is 5.75 Å². The normalized spacial score (nSPS) is 10.8. The summed E-state index contributed by atoms with van der Waals surface area (Å²) < 4.78 is 5.67. The lowest BCUT2D eigenvalue weighted by atomic mass is 10.0. The van der Waals surface area contributed by atoms with Gasteiger partial charge in [0.05, 0.1) is 6.61 Å². The summed E-state index contributed by atoms with van der Waals surface area (Å²) >= 11 is 11.5. The Morgan fingerprint density at radius 2 is 1.89 bits per heavy atom. The molecule has 0 N–H and O–H groups in total. The Kier molecular flexibility index (Phi) is 5.15. The number of halogens is 2. The summed E-state index contributed by atoms with van der Waals surface area (Å²) in [5, 5.41) is 2.45. The molecule has 0 spiro atoms. The number of aryl methyl sites for hydroxylation is 1. The van der Waals surface area contributed by atoms with Crippen molar-refractivity contribution in [3.05, 3.63) is 42.0 Å². The zero-order chi connectivity index (χ0) is 12.8. The van der Waals surface area contributed by atoms with Gasteiger partial charge in [0.15, 0.2) is 0 Å². The van der Waals surface area contributed by atoms with Crippen LogP contribution in [0.1, 0.15) is 12.0 Å². The van der Waals surface area contributed by atoms with Crippen LogP contribution in [0.4, 0.5) is 0 Å². The van der Waals surface area contributed by atoms with Crippen LogP contribution in [0.2, 0.25) is 0 Å². The van der Waals surface area contributed by atoms with Crippen molar-refractivity contribution in [3.8, 4) is 5.75 Å². The van der Waals surface area contributed by atoms with Gasteiger partial charge in [-0.25, -0.2) is 0 Å². The second-order valence-corrected chi connectivity index (χ2v) is 4.89. The molecular weight excluding hydrogens is 267 g/mol. The lowest BCUT2D eigenvalue weighted by Crippen LogP contribution is -1.98. The Balaban J connectivity index is 2.27. The van der Waals surface area contributed by atoms with Crippen molar-refractivity contribution >= 4 is 34.0 Å². The average molecular weight is 283 g/mol. The van der Waals surface area contributed by atoms with Gasteiger partial charge in [0.2, 0.25) is 0 Å². The summed E-state index contributed by atoms with van der Waals surface area (Å²) in [6.07, 6.45) is 1.74. The van der Waals surface area contributed by atoms with Crippen LogP contribution in [-0.4, -0.2) is 18.4 Å². The number of hydrogen-bond donors (Lipinski definition) is 0. The fourth-order valence-corrected chi connectivity index (χ4v) is 2.28. The van der Waals surface area contributed by atoms with E-state index in [0.717, 1.165) is 18.6 Å². The van der Waals surface area contributed by atoms with Gasteiger partial charge in [-0.3, -0.25) is 0 Å². The maximum absolute atomic E-state index is 5.83. The predicted molar refractivity (Wildman–Crippen MR) is 79.2 cm³/mol. The molecule has 0 atom stereocenters. The first-order chi connectivity index (χ1) is 8.85. The fraction of sp³-hybridized carbons (Fsp3) is 0.333. The van der Waals surface area contributed by atoms with Gasteiger partial charge in [-0.05, 0) is 41.3 Å². The molecule has 0 saturated heterocycles. The van der Waals surface area contributed by atoms with Crippen LogP contribution in [0.3, 0.4) is 0 Å². The first-order valence-electron chi connectivity index (χ1n) is 6.11. The SMILES string of the molecule is ClCCCOc1ccc2cccc(CCCl)c2c1. The minimum Gasteiger partial charge on any atom is -0.494 e. The highest BCUT2D eigenvalue weighted by atomic mass is 35.5. The third-order valence-electron chi connectivity index (χ3n) is 2.85. The van der Waals surface area contributed by atoms with E-state index in [1.807, 2.05) is 6.07 Å². The van der Waals surface area contributed by atoms with E-state index in [9.17, 15) is 0 Å². The van der Waals surface area contributed by atoms with Gasteiger partial charge in [0.25, 0.3) is 0 Å². The first-order valence-corrected chi connectivity index (χ1v) is 7.18. The summed E-state index contributed by atoms with van der Waals surface area (Å²) in [4.78, 5) is 0. The van der Waals surface area contributed by atoms with Crippen LogP contribution in [0.25, 0.3) is 10.8 Å². The van der Waals surface area contributed by atoms with Crippen molar-refractivity contribution in [3.63, 3.8) is 0 Å². The molecule has 0 aliphatic rings. The van der Waals surface area contributed by atoms with Crippen LogP contribution in [0, 0.1) is 0 Å². The van der Waals surface area contributed by atoms with E-state index < -0.39 is 0 Å². The third kappa shape index (κ3) is 3.30. The Hall–Kier alpha value is -0.920. The molecule has 0 aromatic heterocycles. The smallest absolute Gasteiger partial charge is 0.119 e. The molecular formula is C15H16Cl2O. The van der Waals surface area contributed by atoms with Crippen molar-refractivity contribution in [1.82, 2.24) is 0 Å². The van der Waals surface area contributed by atoms with E-state index in [-0.39, 0.29) is 0 Å². The van der Waals surface area contributed by atoms with Gasteiger partial charge in [-0.2, -0.15) is 0 Å². The average Bonchev–Trinajstić information content (AvgIpc) is 2.40. The molecule has 96 valence electrons. The monoisotopic (exact) mass is 282 g/mol. The van der Waals surface area contributed by atoms with E-state index in [4.69, 9.17) is 27.9 Å². The molecule has 18 heavy (non-hydrogen) atoms. The largest absolute Gasteiger partial charge is 0.494 e. The lowest BCUT2D eigenvalue weighted by molar-refractivity contribution is 0.319. The minimum atomic E-state index is 0.630. The van der Waals surface area contributed by atoms with E-state index in [1.165, 1.54) is 16.3 Å². The summed E-state index contributed by atoms with van der Waals surface area (Å²) in [6, 6.07) is 12.5. The molecule has 0 aliphatic carbocycles. The van der Waals surface area contributed by atoms with Crippen molar-refractivity contribution in [1.29, 1.82) is 0 Å². The molecule has 0 saturated carbocycles. The summed E-state index contributed by atoms with van der Waals surface area (Å²) in [6.45, 7) is 0.659. The molecule has 0 bridgehead atoms. The maximum atomic E-state index is 5.83. The zero-order valence-corrected chi connectivity index (χ0v) is 11.7. The second-order valence-electron chi connectivity index (χ2n) is 4.13. The van der Waals surface area contributed by atoms with Crippen LogP contribution < -0.4 is 4.74 Å². The third-order valence-corrected chi connectivity index (χ3v) is 3.31. The van der Waals surface area contributed by atoms with Crippen molar-refractivity contribution in [2.45, 2.75) is 12.8 Å². The molecule has 0 aliphatic heterocycles. The maximum Gasteiger partial charge on any atom is 0.119 e. The van der Waals surface area contributed by atoms with Crippen molar-refractivity contribution in [2.75, 3.05) is 18.4 Å². The fourth-order valence-electron chi connectivity index (χ4n) is 1.97. The standard InChI is InChI=1S/C15H16Cl2O/c16-8-2-10-18-14-6-5-12-3-1-4-13(7-9-17)15(12)11-14/h1,3-6,11H,2,7-10H2. The van der Waals surface area contributed by atoms with Crippen molar-refractivity contribution < 1.29 is 4.74 Å². The topological polar surface area (TPSA) is 9.23 Å². The van der Waals surface area contributed by atoms with Gasteiger partial charge < -0.3 is 4.74 Å². The second kappa shape index (κ2) is 6.86. The van der Waals surface area contributed by atoms with Gasteiger partial charge in [-0.1, -0.05) is 24.3 Å². The zero-order valence-electron chi connectivity index (χ0n) is 10.2. The van der Waals surface area contributed by atoms with Gasteiger partial charge in [0, 0.05) is 11.8 Å². The number of fused-ring (bicyclic) bond motifs is 1. The molecule has 0 amide bonds. The Morgan fingerprint density at radius 3 is 2.67 bits per heavy atom. The van der Waals surface area contributed by atoms with E-state index in [1.54, 1.807) is 0 Å². The summed E-state index contributed by atoms with van der Waals surface area (Å²) in [7, 11) is 0. The quantitative estimate of drug-likeness (QED) is 0.555. The highest BCUT2D eigenvalue weighted by Crippen LogP contribution is 2.25. The number of ether oxygens (including phenoxy) is 1. The van der Waals surface area contributed by atoms with Crippen LogP contribution in [0.15, 0.2) is 36.4 Å². The summed E-state index contributed by atoms with van der Waals surface area (Å²) in [5.41, 5.74) is 1.27. The number of hydrogen-bond acceptors (Lipinski definition) is 1. The molecule has 0 heterocycles.